The van der Waals surface area contributed by atoms with Crippen molar-refractivity contribution in [2.45, 2.75) is 6.54 Å². The van der Waals surface area contributed by atoms with Crippen molar-refractivity contribution in [1.82, 2.24) is 0 Å². The number of carbonyl (C=O) groups excluding carboxylic acids is 1. The number of benzene rings is 2. The van der Waals surface area contributed by atoms with Crippen LogP contribution in [-0.2, 0) is 6.54 Å². The van der Waals surface area contributed by atoms with Crippen LogP contribution in [0.4, 0.5) is 10.1 Å². The molecule has 0 aliphatic carbocycles. The predicted octanol–water partition coefficient (Wildman–Crippen LogP) is 3.27. The third kappa shape index (κ3) is 2.94. The van der Waals surface area contributed by atoms with Crippen LogP contribution in [-0.4, -0.2) is 13.3 Å². The molecule has 18 heavy (non-hydrogen) atoms. The number of hydrogen-bond donors (Lipinski definition) is 0. The number of halogens is 1. The normalized spacial score (nSPS) is 10.1. The van der Waals surface area contributed by atoms with Crippen molar-refractivity contribution in [2.24, 2.45) is 0 Å². The van der Waals surface area contributed by atoms with Crippen LogP contribution in [0.25, 0.3) is 0 Å². The Balaban J connectivity index is 2.21. The average Bonchev–Trinajstić information content (AvgIpc) is 2.39. The van der Waals surface area contributed by atoms with E-state index in [9.17, 15) is 9.18 Å². The third-order valence-corrected chi connectivity index (χ3v) is 2.74. The van der Waals surface area contributed by atoms with Gasteiger partial charge in [0.1, 0.15) is 12.1 Å². The smallest absolute Gasteiger partial charge is 0.150 e. The summed E-state index contributed by atoms with van der Waals surface area (Å²) in [5.74, 6) is -0.394. The molecule has 0 unspecified atom stereocenters. The van der Waals surface area contributed by atoms with Crippen LogP contribution in [0.1, 0.15) is 15.9 Å². The first-order chi connectivity index (χ1) is 8.69. The van der Waals surface area contributed by atoms with Crippen LogP contribution >= 0.6 is 0 Å². The van der Waals surface area contributed by atoms with Gasteiger partial charge in [0.25, 0.3) is 0 Å². The summed E-state index contributed by atoms with van der Waals surface area (Å²) in [5, 5.41) is 0. The summed E-state index contributed by atoms with van der Waals surface area (Å²) >= 11 is 0. The lowest BCUT2D eigenvalue weighted by Gasteiger charge is -2.19. The van der Waals surface area contributed by atoms with Gasteiger partial charge >= 0.3 is 0 Å². The highest BCUT2D eigenvalue weighted by Crippen LogP contribution is 2.18. The van der Waals surface area contributed by atoms with Crippen molar-refractivity contribution in [1.29, 1.82) is 0 Å². The van der Waals surface area contributed by atoms with Crippen molar-refractivity contribution in [3.8, 4) is 0 Å². The Morgan fingerprint density at radius 3 is 2.56 bits per heavy atom. The molecule has 92 valence electrons. The van der Waals surface area contributed by atoms with E-state index in [0.29, 0.717) is 24.1 Å². The molecule has 0 atom stereocenters. The Morgan fingerprint density at radius 2 is 1.89 bits per heavy atom. The monoisotopic (exact) mass is 243 g/mol. The molecule has 0 saturated carbocycles. The van der Waals surface area contributed by atoms with E-state index in [2.05, 4.69) is 0 Å². The van der Waals surface area contributed by atoms with Gasteiger partial charge in [-0.25, -0.2) is 4.39 Å². The van der Waals surface area contributed by atoms with Gasteiger partial charge in [-0.05, 0) is 23.8 Å². The number of hydrogen-bond acceptors (Lipinski definition) is 2. The summed E-state index contributed by atoms with van der Waals surface area (Å²) in [6.07, 6.45) is 0.656. The molecular formula is C15H14FNO. The van der Waals surface area contributed by atoms with Crippen molar-refractivity contribution in [3.63, 3.8) is 0 Å². The predicted molar refractivity (Wildman–Crippen MR) is 70.3 cm³/mol. The van der Waals surface area contributed by atoms with E-state index in [1.807, 2.05) is 42.3 Å². The number of carbonyl (C=O) groups is 1. The fraction of sp³-hybridized carbons (Fsp3) is 0.133. The quantitative estimate of drug-likeness (QED) is 0.768. The van der Waals surface area contributed by atoms with E-state index in [1.165, 1.54) is 12.1 Å². The van der Waals surface area contributed by atoms with E-state index >= 15 is 0 Å². The summed E-state index contributed by atoms with van der Waals surface area (Å²) in [7, 11) is 1.87. The second-order valence-corrected chi connectivity index (χ2v) is 4.20. The standard InChI is InChI=1S/C15H14FNO/c1-17(10-12-5-3-2-4-6-12)15-8-13(11-18)7-14(16)9-15/h2-9,11H,10H2,1H3. The zero-order valence-corrected chi connectivity index (χ0v) is 10.1. The first-order valence-corrected chi connectivity index (χ1v) is 5.70. The molecular weight excluding hydrogens is 229 g/mol. The highest BCUT2D eigenvalue weighted by molar-refractivity contribution is 5.77. The third-order valence-electron chi connectivity index (χ3n) is 2.74. The molecule has 0 heterocycles. The zero-order chi connectivity index (χ0) is 13.0. The molecule has 0 radical (unpaired) electrons. The van der Waals surface area contributed by atoms with Crippen LogP contribution < -0.4 is 4.90 Å². The van der Waals surface area contributed by atoms with Gasteiger partial charge in [0.15, 0.2) is 0 Å². The molecule has 0 aliphatic heterocycles. The minimum Gasteiger partial charge on any atom is -0.370 e. The molecule has 0 amide bonds. The molecule has 0 fully saturated rings. The first kappa shape index (κ1) is 12.3. The van der Waals surface area contributed by atoms with Crippen LogP contribution in [0, 0.1) is 5.82 Å². The topological polar surface area (TPSA) is 20.3 Å². The molecule has 2 aromatic rings. The number of nitrogens with zero attached hydrogens (tertiary/aromatic N) is 1. The lowest BCUT2D eigenvalue weighted by molar-refractivity contribution is 0.112. The molecule has 0 aromatic heterocycles. The van der Waals surface area contributed by atoms with E-state index in [0.717, 1.165) is 5.56 Å². The first-order valence-electron chi connectivity index (χ1n) is 5.70. The van der Waals surface area contributed by atoms with E-state index in [4.69, 9.17) is 0 Å². The largest absolute Gasteiger partial charge is 0.370 e. The fourth-order valence-electron chi connectivity index (χ4n) is 1.83. The van der Waals surface area contributed by atoms with Crippen molar-refractivity contribution < 1.29 is 9.18 Å². The Hall–Kier alpha value is -2.16. The second-order valence-electron chi connectivity index (χ2n) is 4.20. The summed E-state index contributed by atoms with van der Waals surface area (Å²) < 4.78 is 13.3. The molecule has 0 saturated heterocycles. The lowest BCUT2D eigenvalue weighted by Crippen LogP contribution is -2.16. The average molecular weight is 243 g/mol. The Morgan fingerprint density at radius 1 is 1.17 bits per heavy atom. The highest BCUT2D eigenvalue weighted by Gasteiger charge is 2.05. The Bertz CT molecular complexity index is 539. The van der Waals surface area contributed by atoms with Gasteiger partial charge in [-0.1, -0.05) is 30.3 Å². The Kier molecular flexibility index (Phi) is 3.72. The van der Waals surface area contributed by atoms with Crippen LogP contribution in [0.3, 0.4) is 0 Å². The van der Waals surface area contributed by atoms with E-state index in [1.54, 1.807) is 6.07 Å². The molecule has 0 aliphatic rings. The minimum absolute atomic E-state index is 0.352. The minimum atomic E-state index is -0.394. The maximum absolute atomic E-state index is 13.3. The van der Waals surface area contributed by atoms with Gasteiger partial charge in [-0.15, -0.1) is 0 Å². The van der Waals surface area contributed by atoms with Gasteiger partial charge in [-0.2, -0.15) is 0 Å². The molecule has 2 aromatic carbocycles. The van der Waals surface area contributed by atoms with Crippen LogP contribution in [0.5, 0.6) is 0 Å². The van der Waals surface area contributed by atoms with Crippen molar-refractivity contribution in [2.75, 3.05) is 11.9 Å². The van der Waals surface area contributed by atoms with Crippen LogP contribution in [0.15, 0.2) is 48.5 Å². The molecule has 2 rings (SSSR count). The molecule has 0 bridgehead atoms. The summed E-state index contributed by atoms with van der Waals surface area (Å²) in [6, 6.07) is 14.2. The molecule has 2 nitrogen and oxygen atoms in total. The zero-order valence-electron chi connectivity index (χ0n) is 10.1. The summed E-state index contributed by atoms with van der Waals surface area (Å²) in [4.78, 5) is 12.6. The van der Waals surface area contributed by atoms with Crippen molar-refractivity contribution in [3.05, 3.63) is 65.5 Å². The number of aldehydes is 1. The molecule has 3 heteroatoms. The highest BCUT2D eigenvalue weighted by atomic mass is 19.1. The van der Waals surface area contributed by atoms with Gasteiger partial charge in [0, 0.05) is 24.8 Å². The maximum atomic E-state index is 13.3. The maximum Gasteiger partial charge on any atom is 0.150 e. The fourth-order valence-corrected chi connectivity index (χ4v) is 1.83. The SMILES string of the molecule is CN(Cc1ccccc1)c1cc(F)cc(C=O)c1. The van der Waals surface area contributed by atoms with E-state index < -0.39 is 5.82 Å². The van der Waals surface area contributed by atoms with E-state index in [-0.39, 0.29) is 0 Å². The summed E-state index contributed by atoms with van der Waals surface area (Å²) in [5.41, 5.74) is 2.18. The second kappa shape index (κ2) is 5.45. The van der Waals surface area contributed by atoms with Crippen molar-refractivity contribution >= 4 is 12.0 Å². The number of anilines is 1. The van der Waals surface area contributed by atoms with Gasteiger partial charge in [0.2, 0.25) is 0 Å². The lowest BCUT2D eigenvalue weighted by atomic mass is 10.1. The summed E-state index contributed by atoms with van der Waals surface area (Å²) in [6.45, 7) is 0.669. The molecule has 0 N–H and O–H groups in total. The van der Waals surface area contributed by atoms with Crippen LogP contribution in [0.2, 0.25) is 0 Å². The Labute approximate surface area is 106 Å². The molecule has 0 spiro atoms. The number of rotatable bonds is 4. The van der Waals surface area contributed by atoms with Gasteiger partial charge in [-0.3, -0.25) is 4.79 Å². The van der Waals surface area contributed by atoms with Gasteiger partial charge in [0.05, 0.1) is 0 Å². The van der Waals surface area contributed by atoms with Gasteiger partial charge < -0.3 is 4.90 Å².